The van der Waals surface area contributed by atoms with E-state index >= 15 is 0 Å². The third kappa shape index (κ3) is 6.83. The van der Waals surface area contributed by atoms with Crippen LogP contribution in [0.3, 0.4) is 0 Å². The number of amides is 1. The highest BCUT2D eigenvalue weighted by Crippen LogP contribution is 2.24. The van der Waals surface area contributed by atoms with Crippen LogP contribution in [0.25, 0.3) is 0 Å². The molecule has 8 nitrogen and oxygen atoms in total. The number of hydrogen-bond donors (Lipinski definition) is 0. The van der Waals surface area contributed by atoms with Crippen molar-refractivity contribution in [2.24, 2.45) is 0 Å². The standard InChI is InChI=1S/C26H27NO7S/c1-32-22-13-20(14-23(15-22)33-2)16-27(17-25(28)34-3)26(29)21-11-9-19(10-12-21)18-35(30,31)24-7-5-4-6-8-24/h4-15H,16-18H2,1-3H3. The molecule has 0 radical (unpaired) electrons. The van der Waals surface area contributed by atoms with E-state index < -0.39 is 21.7 Å². The monoisotopic (exact) mass is 497 g/mol. The molecule has 0 unspecified atom stereocenters. The van der Waals surface area contributed by atoms with Gasteiger partial charge in [-0.1, -0.05) is 30.3 Å². The van der Waals surface area contributed by atoms with Gasteiger partial charge in [0.1, 0.15) is 18.0 Å². The van der Waals surface area contributed by atoms with Gasteiger partial charge < -0.3 is 19.1 Å². The molecule has 0 heterocycles. The smallest absolute Gasteiger partial charge is 0.325 e. The third-order valence-electron chi connectivity index (χ3n) is 5.28. The van der Waals surface area contributed by atoms with E-state index in [1.807, 2.05) is 0 Å². The minimum absolute atomic E-state index is 0.103. The van der Waals surface area contributed by atoms with Gasteiger partial charge in [-0.05, 0) is 47.5 Å². The van der Waals surface area contributed by atoms with E-state index in [0.29, 0.717) is 28.2 Å². The summed E-state index contributed by atoms with van der Waals surface area (Å²) in [5.74, 6) is -0.0722. The Bertz CT molecular complexity index is 1250. The number of hydrogen-bond acceptors (Lipinski definition) is 7. The van der Waals surface area contributed by atoms with E-state index in [0.717, 1.165) is 0 Å². The predicted octanol–water partition coefficient (Wildman–Crippen LogP) is 3.49. The summed E-state index contributed by atoms with van der Waals surface area (Å²) < 4.78 is 40.6. The number of benzene rings is 3. The maximum atomic E-state index is 13.3. The van der Waals surface area contributed by atoms with Gasteiger partial charge in [0.15, 0.2) is 9.84 Å². The Morgan fingerprint density at radius 3 is 1.94 bits per heavy atom. The number of sulfone groups is 1. The van der Waals surface area contributed by atoms with Crippen LogP contribution in [0.5, 0.6) is 11.5 Å². The lowest BCUT2D eigenvalue weighted by Crippen LogP contribution is -2.35. The molecule has 0 N–H and O–H groups in total. The molecule has 0 aliphatic heterocycles. The Balaban J connectivity index is 1.82. The van der Waals surface area contributed by atoms with E-state index in [1.165, 1.54) is 26.2 Å². The lowest BCUT2D eigenvalue weighted by molar-refractivity contribution is -0.141. The van der Waals surface area contributed by atoms with Crippen molar-refractivity contribution in [3.63, 3.8) is 0 Å². The molecule has 0 aliphatic carbocycles. The Kier molecular flexibility index (Phi) is 8.48. The number of nitrogens with zero attached hydrogens (tertiary/aromatic N) is 1. The molecular weight excluding hydrogens is 470 g/mol. The van der Waals surface area contributed by atoms with Crippen molar-refractivity contribution >= 4 is 21.7 Å². The molecule has 0 bridgehead atoms. The molecule has 0 fully saturated rings. The van der Waals surface area contributed by atoms with E-state index in [2.05, 4.69) is 0 Å². The van der Waals surface area contributed by atoms with Crippen LogP contribution in [-0.4, -0.2) is 53.1 Å². The zero-order valence-corrected chi connectivity index (χ0v) is 20.6. The van der Waals surface area contributed by atoms with Gasteiger partial charge in [0.25, 0.3) is 5.91 Å². The molecule has 3 aromatic carbocycles. The molecule has 184 valence electrons. The van der Waals surface area contributed by atoms with Crippen molar-refractivity contribution in [2.75, 3.05) is 27.9 Å². The molecule has 3 aromatic rings. The summed E-state index contributed by atoms with van der Waals surface area (Å²) in [6.07, 6.45) is 0. The maximum Gasteiger partial charge on any atom is 0.325 e. The zero-order valence-electron chi connectivity index (χ0n) is 19.8. The summed E-state index contributed by atoms with van der Waals surface area (Å²) in [4.78, 5) is 26.9. The highest BCUT2D eigenvalue weighted by atomic mass is 32.2. The average molecular weight is 498 g/mol. The normalized spacial score (nSPS) is 10.9. The minimum atomic E-state index is -3.52. The molecule has 0 atom stereocenters. The lowest BCUT2D eigenvalue weighted by atomic mass is 10.1. The van der Waals surface area contributed by atoms with Crippen LogP contribution in [0.15, 0.2) is 77.7 Å². The van der Waals surface area contributed by atoms with E-state index in [1.54, 1.807) is 72.8 Å². The maximum absolute atomic E-state index is 13.3. The lowest BCUT2D eigenvalue weighted by Gasteiger charge is -2.22. The molecule has 0 saturated heterocycles. The highest BCUT2D eigenvalue weighted by molar-refractivity contribution is 7.90. The summed E-state index contributed by atoms with van der Waals surface area (Å²) in [6.45, 7) is -0.162. The van der Waals surface area contributed by atoms with Crippen LogP contribution in [0.2, 0.25) is 0 Å². The van der Waals surface area contributed by atoms with Crippen LogP contribution < -0.4 is 9.47 Å². The minimum Gasteiger partial charge on any atom is -0.497 e. The fraction of sp³-hybridized carbons (Fsp3) is 0.231. The summed E-state index contributed by atoms with van der Waals surface area (Å²) in [6, 6.07) is 19.7. The largest absolute Gasteiger partial charge is 0.497 e. The van der Waals surface area contributed by atoms with Gasteiger partial charge in [0, 0.05) is 18.2 Å². The second-order valence-corrected chi connectivity index (χ2v) is 9.72. The number of carbonyl (C=O) groups is 2. The molecule has 0 spiro atoms. The second-order valence-electron chi connectivity index (χ2n) is 7.73. The van der Waals surface area contributed by atoms with Crippen molar-refractivity contribution in [2.45, 2.75) is 17.2 Å². The van der Waals surface area contributed by atoms with Crippen molar-refractivity contribution in [1.29, 1.82) is 0 Å². The Labute approximate surface area is 205 Å². The van der Waals surface area contributed by atoms with Crippen LogP contribution in [0, 0.1) is 0 Å². The van der Waals surface area contributed by atoms with Crippen LogP contribution >= 0.6 is 0 Å². The molecule has 9 heteroatoms. The van der Waals surface area contributed by atoms with E-state index in [4.69, 9.17) is 14.2 Å². The predicted molar refractivity (Wildman–Crippen MR) is 130 cm³/mol. The van der Waals surface area contributed by atoms with Crippen LogP contribution in [0.4, 0.5) is 0 Å². The fourth-order valence-electron chi connectivity index (χ4n) is 3.45. The van der Waals surface area contributed by atoms with Gasteiger partial charge in [-0.3, -0.25) is 9.59 Å². The first-order chi connectivity index (χ1) is 16.7. The Morgan fingerprint density at radius 2 is 1.40 bits per heavy atom. The van der Waals surface area contributed by atoms with Gasteiger partial charge in [-0.15, -0.1) is 0 Å². The summed E-state index contributed by atoms with van der Waals surface area (Å²) in [5.41, 5.74) is 1.55. The topological polar surface area (TPSA) is 99.2 Å². The quantitative estimate of drug-likeness (QED) is 0.395. The highest BCUT2D eigenvalue weighted by Gasteiger charge is 2.21. The van der Waals surface area contributed by atoms with E-state index in [-0.39, 0.29) is 23.7 Å². The van der Waals surface area contributed by atoms with Gasteiger partial charge in [0.2, 0.25) is 0 Å². The van der Waals surface area contributed by atoms with Crippen molar-refractivity contribution in [1.82, 2.24) is 4.90 Å². The van der Waals surface area contributed by atoms with Gasteiger partial charge in [-0.25, -0.2) is 8.42 Å². The SMILES string of the molecule is COC(=O)CN(Cc1cc(OC)cc(OC)c1)C(=O)c1ccc(CS(=O)(=O)c2ccccc2)cc1. The first kappa shape index (κ1) is 25.8. The van der Waals surface area contributed by atoms with Gasteiger partial charge >= 0.3 is 5.97 Å². The summed E-state index contributed by atoms with van der Waals surface area (Å²) in [5, 5.41) is 0. The molecule has 0 saturated carbocycles. The molecule has 0 aromatic heterocycles. The first-order valence-corrected chi connectivity index (χ1v) is 12.4. The molecule has 0 aliphatic rings. The van der Waals surface area contributed by atoms with Crippen molar-refractivity contribution < 1.29 is 32.2 Å². The zero-order chi connectivity index (χ0) is 25.4. The van der Waals surface area contributed by atoms with Crippen molar-refractivity contribution in [3.8, 4) is 11.5 Å². The average Bonchev–Trinajstić information content (AvgIpc) is 2.88. The van der Waals surface area contributed by atoms with Gasteiger partial charge in [-0.2, -0.15) is 0 Å². The van der Waals surface area contributed by atoms with Crippen LogP contribution in [0.1, 0.15) is 21.5 Å². The summed E-state index contributed by atoms with van der Waals surface area (Å²) >= 11 is 0. The number of rotatable bonds is 10. The third-order valence-corrected chi connectivity index (χ3v) is 6.98. The van der Waals surface area contributed by atoms with Crippen molar-refractivity contribution in [3.05, 3.63) is 89.5 Å². The number of ether oxygens (including phenoxy) is 3. The molecule has 1 amide bonds. The summed E-state index contributed by atoms with van der Waals surface area (Å²) in [7, 11) is 0.782. The fourth-order valence-corrected chi connectivity index (χ4v) is 4.82. The van der Waals surface area contributed by atoms with Crippen LogP contribution in [-0.2, 0) is 31.7 Å². The Hall–Kier alpha value is -3.85. The molecule has 35 heavy (non-hydrogen) atoms. The number of esters is 1. The number of methoxy groups -OCH3 is 3. The Morgan fingerprint density at radius 1 is 0.800 bits per heavy atom. The molecular formula is C26H27NO7S. The first-order valence-electron chi connectivity index (χ1n) is 10.7. The van der Waals surface area contributed by atoms with Gasteiger partial charge in [0.05, 0.1) is 32.0 Å². The second kappa shape index (κ2) is 11.5. The number of carbonyl (C=O) groups excluding carboxylic acids is 2. The molecule has 3 rings (SSSR count). The van der Waals surface area contributed by atoms with E-state index in [9.17, 15) is 18.0 Å².